The second-order valence-electron chi connectivity index (χ2n) is 8.00. The van der Waals surface area contributed by atoms with Crippen LogP contribution in [-0.4, -0.2) is 58.6 Å². The average Bonchev–Trinajstić information content (AvgIpc) is 2.77. The molecule has 25 heavy (non-hydrogen) atoms. The fraction of sp³-hybridized carbons (Fsp3) is 1.00. The summed E-state index contributed by atoms with van der Waals surface area (Å²) in [6.07, 6.45) is -0.776. The van der Waals surface area contributed by atoms with Crippen molar-refractivity contribution >= 4 is 17.2 Å². The van der Waals surface area contributed by atoms with Crippen molar-refractivity contribution in [2.45, 2.75) is 40.1 Å². The third-order valence-corrected chi connectivity index (χ3v) is 5.94. The van der Waals surface area contributed by atoms with Crippen molar-refractivity contribution < 1.29 is 36.6 Å². The molecular weight excluding hydrogens is 370 g/mol. The van der Waals surface area contributed by atoms with E-state index in [0.29, 0.717) is 46.2 Å². The normalized spacial score (nSPS) is 34.6. The highest BCUT2D eigenvalue weighted by Gasteiger charge is 2.35. The lowest BCUT2D eigenvalue weighted by Crippen LogP contribution is -2.31. The van der Waals surface area contributed by atoms with Crippen molar-refractivity contribution in [3.05, 3.63) is 0 Å². The first-order chi connectivity index (χ1) is 11.8. The van der Waals surface area contributed by atoms with Gasteiger partial charge < -0.3 is 32.1 Å². The second-order valence-corrected chi connectivity index (χ2v) is 10.4. The molecule has 0 aromatic heterocycles. The average molecular weight is 398 g/mol. The van der Waals surface area contributed by atoms with Crippen molar-refractivity contribution in [1.29, 1.82) is 0 Å². The molecule has 0 saturated carbocycles. The van der Waals surface area contributed by atoms with E-state index in [9.17, 15) is 0 Å². The van der Waals surface area contributed by atoms with Crippen molar-refractivity contribution in [1.82, 2.24) is 0 Å². The van der Waals surface area contributed by atoms with Gasteiger partial charge in [0.2, 0.25) is 0 Å². The van der Waals surface area contributed by atoms with Crippen LogP contribution in [-0.2, 0) is 36.6 Å². The van der Waals surface area contributed by atoms with E-state index >= 15 is 0 Å². The van der Waals surface area contributed by atoms with Crippen molar-refractivity contribution in [2.75, 3.05) is 46.2 Å². The molecule has 3 fully saturated rings. The molecule has 0 aromatic rings. The number of hydrogen-bond donors (Lipinski definition) is 0. The zero-order chi connectivity index (χ0) is 17.9. The Hall–Kier alpha value is 0.540. The molecule has 3 rings (SSSR count). The molecule has 2 atom stereocenters. The van der Waals surface area contributed by atoms with Gasteiger partial charge in [-0.05, 0) is 0 Å². The van der Waals surface area contributed by atoms with E-state index < -0.39 is 23.5 Å². The number of ether oxygens (including phenoxy) is 2. The van der Waals surface area contributed by atoms with E-state index in [4.69, 9.17) is 36.6 Å². The SMILES string of the molecule is CC1(C)COP(O[C@H]2COC[C@@H](OP3OCC(C)(C)CO3)OC2)OC1. The Morgan fingerprint density at radius 3 is 1.80 bits per heavy atom. The van der Waals surface area contributed by atoms with Crippen molar-refractivity contribution in [2.24, 2.45) is 10.8 Å². The molecule has 0 bridgehead atoms. The molecule has 0 unspecified atom stereocenters. The summed E-state index contributed by atoms with van der Waals surface area (Å²) in [5.41, 5.74) is 0.0347. The smallest absolute Gasteiger partial charge is 0.335 e. The van der Waals surface area contributed by atoms with E-state index in [1.54, 1.807) is 0 Å². The van der Waals surface area contributed by atoms with Gasteiger partial charge in [-0.15, -0.1) is 0 Å². The zero-order valence-corrected chi connectivity index (χ0v) is 17.1. The zero-order valence-electron chi connectivity index (χ0n) is 15.3. The van der Waals surface area contributed by atoms with Gasteiger partial charge in [0.25, 0.3) is 0 Å². The van der Waals surface area contributed by atoms with Gasteiger partial charge in [-0.25, -0.2) is 0 Å². The maximum atomic E-state index is 5.83. The first-order valence-corrected chi connectivity index (χ1v) is 10.7. The third-order valence-electron chi connectivity index (χ3n) is 3.71. The lowest BCUT2D eigenvalue weighted by atomic mass is 9.97. The lowest BCUT2D eigenvalue weighted by molar-refractivity contribution is -0.118. The van der Waals surface area contributed by atoms with Crippen LogP contribution in [0.25, 0.3) is 0 Å². The highest BCUT2D eigenvalue weighted by Crippen LogP contribution is 2.49. The van der Waals surface area contributed by atoms with Crippen molar-refractivity contribution in [3.63, 3.8) is 0 Å². The quantitative estimate of drug-likeness (QED) is 0.668. The molecule has 0 amide bonds. The van der Waals surface area contributed by atoms with Crippen LogP contribution in [0, 0.1) is 10.8 Å². The summed E-state index contributed by atoms with van der Waals surface area (Å²) >= 11 is 0. The molecule has 3 heterocycles. The summed E-state index contributed by atoms with van der Waals surface area (Å²) in [7, 11) is -2.75. The van der Waals surface area contributed by atoms with Crippen LogP contribution in [0.2, 0.25) is 0 Å². The Morgan fingerprint density at radius 2 is 1.24 bits per heavy atom. The molecule has 0 radical (unpaired) electrons. The highest BCUT2D eigenvalue weighted by atomic mass is 31.2. The molecule has 0 N–H and O–H groups in total. The second kappa shape index (κ2) is 8.70. The number of hydrogen-bond acceptors (Lipinski definition) is 8. The minimum absolute atomic E-state index is 0.0126. The molecule has 0 aliphatic carbocycles. The standard InChI is InChI=1S/C15H28O8P2/c1-14(2)8-18-24(19-9-14)22-12-5-16-7-13(17-6-12)23-25-20-10-15(3,4)11-21-25/h12-13H,5-11H2,1-4H3/t12-,13+/m0/s1. The lowest BCUT2D eigenvalue weighted by Gasteiger charge is -2.34. The fourth-order valence-corrected chi connectivity index (χ4v) is 5.03. The van der Waals surface area contributed by atoms with E-state index in [1.807, 2.05) is 0 Å². The maximum absolute atomic E-state index is 5.83. The van der Waals surface area contributed by atoms with E-state index in [-0.39, 0.29) is 16.9 Å². The molecular formula is C15H28O8P2. The van der Waals surface area contributed by atoms with Crippen LogP contribution >= 0.6 is 17.2 Å². The van der Waals surface area contributed by atoms with Crippen LogP contribution in [0.4, 0.5) is 0 Å². The summed E-state index contributed by atoms with van der Waals surface area (Å²) < 4.78 is 45.4. The molecule has 146 valence electrons. The topological polar surface area (TPSA) is 73.8 Å². The monoisotopic (exact) mass is 398 g/mol. The predicted octanol–water partition coefficient (Wildman–Crippen LogP) is 3.36. The van der Waals surface area contributed by atoms with Crippen LogP contribution < -0.4 is 0 Å². The van der Waals surface area contributed by atoms with Gasteiger partial charge in [-0.1, -0.05) is 27.7 Å². The minimum Gasteiger partial charge on any atom is -0.373 e. The van der Waals surface area contributed by atoms with Gasteiger partial charge >= 0.3 is 17.2 Å². The summed E-state index contributed by atoms with van der Waals surface area (Å²) in [6, 6.07) is 0. The van der Waals surface area contributed by atoms with E-state index in [0.717, 1.165) is 0 Å². The minimum atomic E-state index is -1.40. The molecule has 3 saturated heterocycles. The Bertz CT molecular complexity index is 378. The van der Waals surface area contributed by atoms with Crippen LogP contribution in [0.15, 0.2) is 0 Å². The molecule has 0 aromatic carbocycles. The molecule has 8 nitrogen and oxygen atoms in total. The maximum Gasteiger partial charge on any atom is 0.335 e. The highest BCUT2D eigenvalue weighted by molar-refractivity contribution is 7.42. The van der Waals surface area contributed by atoms with Gasteiger partial charge in [0.1, 0.15) is 6.10 Å². The molecule has 3 aliphatic rings. The molecule has 10 heteroatoms. The van der Waals surface area contributed by atoms with Crippen LogP contribution in [0.3, 0.4) is 0 Å². The Kier molecular flexibility index (Phi) is 7.06. The summed E-state index contributed by atoms with van der Waals surface area (Å²) in [5.74, 6) is 0. The predicted molar refractivity (Wildman–Crippen MR) is 91.7 cm³/mol. The summed E-state index contributed by atoms with van der Waals surface area (Å²) in [6.45, 7) is 11.9. The summed E-state index contributed by atoms with van der Waals surface area (Å²) in [5, 5.41) is 0. The van der Waals surface area contributed by atoms with Gasteiger partial charge in [-0.3, -0.25) is 4.52 Å². The Labute approximate surface area is 151 Å². The number of rotatable bonds is 4. The van der Waals surface area contributed by atoms with E-state index in [2.05, 4.69) is 27.7 Å². The van der Waals surface area contributed by atoms with Gasteiger partial charge in [0.15, 0.2) is 6.29 Å². The fourth-order valence-electron chi connectivity index (χ4n) is 2.14. The summed E-state index contributed by atoms with van der Waals surface area (Å²) in [4.78, 5) is 0. The first-order valence-electron chi connectivity index (χ1n) is 8.46. The van der Waals surface area contributed by atoms with Gasteiger partial charge in [-0.2, -0.15) is 0 Å². The first kappa shape index (κ1) is 20.3. The Balaban J connectivity index is 1.38. The molecule has 3 aliphatic heterocycles. The Morgan fingerprint density at radius 1 is 0.720 bits per heavy atom. The van der Waals surface area contributed by atoms with Crippen LogP contribution in [0.5, 0.6) is 0 Å². The van der Waals surface area contributed by atoms with E-state index in [1.165, 1.54) is 0 Å². The van der Waals surface area contributed by atoms with Gasteiger partial charge in [0.05, 0.1) is 46.2 Å². The third kappa shape index (κ3) is 6.58. The largest absolute Gasteiger partial charge is 0.373 e. The van der Waals surface area contributed by atoms with Crippen molar-refractivity contribution in [3.8, 4) is 0 Å². The van der Waals surface area contributed by atoms with Crippen LogP contribution in [0.1, 0.15) is 27.7 Å². The van der Waals surface area contributed by atoms with Gasteiger partial charge in [0, 0.05) is 10.8 Å². The molecule has 0 spiro atoms.